The fourth-order valence-electron chi connectivity index (χ4n) is 2.36. The van der Waals surface area contributed by atoms with Crippen LogP contribution in [0.2, 0.25) is 0 Å². The van der Waals surface area contributed by atoms with Gasteiger partial charge in [0, 0.05) is 35.3 Å². The van der Waals surface area contributed by atoms with Gasteiger partial charge in [0.1, 0.15) is 10.5 Å². The summed E-state index contributed by atoms with van der Waals surface area (Å²) in [6, 6.07) is 8.25. The van der Waals surface area contributed by atoms with E-state index in [0.29, 0.717) is 4.64 Å². The van der Waals surface area contributed by atoms with Crippen molar-refractivity contribution >= 4 is 23.0 Å². The monoisotopic (exact) mass is 281 g/mol. The summed E-state index contributed by atoms with van der Waals surface area (Å²) in [6.45, 7) is 4.08. The van der Waals surface area contributed by atoms with Crippen LogP contribution in [0.4, 0.5) is 0 Å². The summed E-state index contributed by atoms with van der Waals surface area (Å²) in [6.07, 6.45) is 4.53. The van der Waals surface area contributed by atoms with Gasteiger partial charge in [-0.25, -0.2) is 4.98 Å². The number of benzene rings is 1. The Morgan fingerprint density at radius 2 is 2.10 bits per heavy atom. The first-order chi connectivity index (χ1) is 9.70. The Balaban J connectivity index is 2.36. The lowest BCUT2D eigenvalue weighted by Crippen LogP contribution is -1.99. The molecular weight excluding hydrogens is 266 g/mol. The Morgan fingerprint density at radius 3 is 2.90 bits per heavy atom. The quantitative estimate of drug-likeness (QED) is 0.715. The Kier molecular flexibility index (Phi) is 3.32. The molecule has 3 rings (SSSR count). The van der Waals surface area contributed by atoms with Crippen molar-refractivity contribution in [1.82, 2.24) is 15.0 Å². The summed E-state index contributed by atoms with van der Waals surface area (Å²) < 4.78 is 0.668. The lowest BCUT2D eigenvalue weighted by Gasteiger charge is -2.11. The van der Waals surface area contributed by atoms with Crippen molar-refractivity contribution < 1.29 is 0 Å². The van der Waals surface area contributed by atoms with E-state index >= 15 is 0 Å². The van der Waals surface area contributed by atoms with Crippen molar-refractivity contribution in [2.45, 2.75) is 20.3 Å². The zero-order chi connectivity index (χ0) is 14.1. The third-order valence-electron chi connectivity index (χ3n) is 3.49. The number of H-pyrrole nitrogens is 1. The summed E-state index contributed by atoms with van der Waals surface area (Å²) >= 11 is 5.37. The largest absolute Gasteiger partial charge is 0.343 e. The van der Waals surface area contributed by atoms with Crippen LogP contribution >= 0.6 is 12.2 Å². The van der Waals surface area contributed by atoms with Crippen LogP contribution in [-0.2, 0) is 6.42 Å². The minimum atomic E-state index is 0.668. The molecule has 0 atom stereocenters. The number of hydrogen-bond donors (Lipinski definition) is 1. The van der Waals surface area contributed by atoms with Gasteiger partial charge in [0.25, 0.3) is 0 Å². The summed E-state index contributed by atoms with van der Waals surface area (Å²) in [5.74, 6) is 0.918. The fourth-order valence-corrected chi connectivity index (χ4v) is 2.57. The minimum absolute atomic E-state index is 0.668. The van der Waals surface area contributed by atoms with Crippen LogP contribution < -0.4 is 0 Å². The van der Waals surface area contributed by atoms with Gasteiger partial charge in [-0.05, 0) is 18.4 Å². The third-order valence-corrected chi connectivity index (χ3v) is 3.88. The van der Waals surface area contributed by atoms with E-state index in [-0.39, 0.29) is 0 Å². The molecule has 0 spiro atoms. The highest BCUT2D eigenvalue weighted by molar-refractivity contribution is 7.71. The standard InChI is InChI=1S/C16H15N3S/c1-3-14-18-15(10(2)16(20)19-14)13-6-4-5-11-9-17-8-7-12(11)13/h4-9H,3H2,1-2H3,(H,18,19,20). The van der Waals surface area contributed by atoms with Gasteiger partial charge in [-0.3, -0.25) is 4.98 Å². The van der Waals surface area contributed by atoms with Gasteiger partial charge in [0.15, 0.2) is 0 Å². The molecule has 1 aromatic carbocycles. The second-order valence-electron chi connectivity index (χ2n) is 4.74. The maximum Gasteiger partial charge on any atom is 0.133 e. The number of rotatable bonds is 2. The van der Waals surface area contributed by atoms with Crippen LogP contribution in [0.1, 0.15) is 18.3 Å². The molecule has 3 nitrogen and oxygen atoms in total. The average molecular weight is 281 g/mol. The van der Waals surface area contributed by atoms with Crippen molar-refractivity contribution in [3.8, 4) is 11.3 Å². The van der Waals surface area contributed by atoms with Crippen molar-refractivity contribution in [1.29, 1.82) is 0 Å². The SMILES string of the molecule is CCc1nc(=S)c(C)c(-c2cccc3cnccc23)[nH]1. The van der Waals surface area contributed by atoms with E-state index in [0.717, 1.165) is 34.5 Å². The zero-order valence-corrected chi connectivity index (χ0v) is 12.3. The molecule has 0 saturated heterocycles. The molecular formula is C16H15N3S. The van der Waals surface area contributed by atoms with Crippen LogP contribution in [-0.4, -0.2) is 15.0 Å². The van der Waals surface area contributed by atoms with Crippen molar-refractivity contribution in [3.05, 3.63) is 52.7 Å². The molecule has 3 aromatic rings. The Labute approximate surface area is 122 Å². The molecule has 0 fully saturated rings. The van der Waals surface area contributed by atoms with Gasteiger partial charge in [0.05, 0.1) is 5.69 Å². The maximum atomic E-state index is 5.37. The molecule has 0 aliphatic rings. The van der Waals surface area contributed by atoms with Crippen molar-refractivity contribution in [2.75, 3.05) is 0 Å². The lowest BCUT2D eigenvalue weighted by atomic mass is 10.0. The van der Waals surface area contributed by atoms with E-state index in [1.54, 1.807) is 0 Å². The van der Waals surface area contributed by atoms with Gasteiger partial charge in [-0.1, -0.05) is 37.3 Å². The normalized spacial score (nSPS) is 10.9. The minimum Gasteiger partial charge on any atom is -0.343 e. The average Bonchev–Trinajstić information content (AvgIpc) is 2.49. The molecule has 1 N–H and O–H groups in total. The predicted octanol–water partition coefficient (Wildman–Crippen LogP) is 4.23. The fraction of sp³-hybridized carbons (Fsp3) is 0.188. The number of aromatic nitrogens is 3. The van der Waals surface area contributed by atoms with Crippen LogP contribution in [0.5, 0.6) is 0 Å². The van der Waals surface area contributed by atoms with E-state index in [1.165, 1.54) is 5.39 Å². The zero-order valence-electron chi connectivity index (χ0n) is 11.5. The Bertz CT molecular complexity index is 831. The third kappa shape index (κ3) is 2.12. The number of nitrogens with zero attached hydrogens (tertiary/aromatic N) is 2. The van der Waals surface area contributed by atoms with Gasteiger partial charge >= 0.3 is 0 Å². The molecule has 4 heteroatoms. The molecule has 20 heavy (non-hydrogen) atoms. The first-order valence-electron chi connectivity index (χ1n) is 6.63. The number of aryl methyl sites for hydroxylation is 1. The topological polar surface area (TPSA) is 41.6 Å². The molecule has 2 heterocycles. The van der Waals surface area contributed by atoms with Crippen LogP contribution in [0, 0.1) is 11.6 Å². The van der Waals surface area contributed by atoms with Crippen LogP contribution in [0.25, 0.3) is 22.0 Å². The van der Waals surface area contributed by atoms with E-state index < -0.39 is 0 Å². The summed E-state index contributed by atoms with van der Waals surface area (Å²) in [4.78, 5) is 12.0. The molecule has 0 radical (unpaired) electrons. The number of nitrogens with one attached hydrogen (secondary N) is 1. The first kappa shape index (κ1) is 12.9. The van der Waals surface area contributed by atoms with Crippen molar-refractivity contribution in [3.63, 3.8) is 0 Å². The van der Waals surface area contributed by atoms with Gasteiger partial charge in [-0.2, -0.15) is 0 Å². The Morgan fingerprint density at radius 1 is 1.25 bits per heavy atom. The molecule has 0 unspecified atom stereocenters. The van der Waals surface area contributed by atoms with Crippen LogP contribution in [0.15, 0.2) is 36.7 Å². The van der Waals surface area contributed by atoms with Crippen LogP contribution in [0.3, 0.4) is 0 Å². The lowest BCUT2D eigenvalue weighted by molar-refractivity contribution is 0.926. The van der Waals surface area contributed by atoms with Gasteiger partial charge in [0.2, 0.25) is 0 Å². The van der Waals surface area contributed by atoms with E-state index in [4.69, 9.17) is 12.2 Å². The van der Waals surface area contributed by atoms with Crippen molar-refractivity contribution in [2.24, 2.45) is 0 Å². The molecule has 100 valence electrons. The number of aromatic amines is 1. The van der Waals surface area contributed by atoms with E-state index in [2.05, 4.69) is 34.0 Å². The molecule has 0 saturated carbocycles. The first-order valence-corrected chi connectivity index (χ1v) is 7.04. The van der Waals surface area contributed by atoms with E-state index in [1.807, 2.05) is 31.5 Å². The number of pyridine rings is 1. The maximum absolute atomic E-state index is 5.37. The number of fused-ring (bicyclic) bond motifs is 1. The molecule has 0 bridgehead atoms. The van der Waals surface area contributed by atoms with E-state index in [9.17, 15) is 0 Å². The highest BCUT2D eigenvalue weighted by atomic mass is 32.1. The molecule has 0 aliphatic heterocycles. The molecule has 2 aromatic heterocycles. The second-order valence-corrected chi connectivity index (χ2v) is 5.13. The smallest absolute Gasteiger partial charge is 0.133 e. The van der Waals surface area contributed by atoms with Gasteiger partial charge < -0.3 is 4.98 Å². The number of hydrogen-bond acceptors (Lipinski definition) is 3. The Hall–Kier alpha value is -2.07. The summed E-state index contributed by atoms with van der Waals surface area (Å²) in [7, 11) is 0. The highest BCUT2D eigenvalue weighted by Gasteiger charge is 2.09. The highest BCUT2D eigenvalue weighted by Crippen LogP contribution is 2.29. The molecule has 0 amide bonds. The predicted molar refractivity (Wildman–Crippen MR) is 84.3 cm³/mol. The summed E-state index contributed by atoms with van der Waals surface area (Å²) in [5.41, 5.74) is 3.21. The second kappa shape index (κ2) is 5.13. The van der Waals surface area contributed by atoms with Gasteiger partial charge in [-0.15, -0.1) is 0 Å². The summed E-state index contributed by atoms with van der Waals surface area (Å²) in [5, 5.41) is 2.29. The molecule has 0 aliphatic carbocycles.